The van der Waals surface area contributed by atoms with Crippen LogP contribution in [0.1, 0.15) is 11.1 Å². The van der Waals surface area contributed by atoms with Crippen LogP contribution in [0.4, 0.5) is 0 Å². The van der Waals surface area contributed by atoms with Crippen molar-refractivity contribution in [3.05, 3.63) is 58.6 Å². The molecule has 2 aromatic carbocycles. The van der Waals surface area contributed by atoms with Crippen molar-refractivity contribution in [2.45, 2.75) is 18.9 Å². The predicted octanol–water partition coefficient (Wildman–Crippen LogP) is 3.28. The number of hydrogen-bond acceptors (Lipinski definition) is 4. The molecule has 2 aromatic rings. The van der Waals surface area contributed by atoms with Crippen LogP contribution in [-0.4, -0.2) is 48.3 Å². The molecule has 0 saturated carbocycles. The fourth-order valence-corrected chi connectivity index (χ4v) is 3.84. The number of nitrogens with zero attached hydrogens (tertiary/aromatic N) is 1. The SMILES string of the molecule is O=C(O)C1CN(C2COc3cc(OCCc4ccccc4Cl)ccc3C2)C1. The highest BCUT2D eigenvalue weighted by molar-refractivity contribution is 6.31. The van der Waals surface area contributed by atoms with Gasteiger partial charge in [0.05, 0.1) is 12.5 Å². The first kappa shape index (κ1) is 18.1. The molecule has 0 spiro atoms. The van der Waals surface area contributed by atoms with Gasteiger partial charge >= 0.3 is 5.97 Å². The minimum absolute atomic E-state index is 0.236. The summed E-state index contributed by atoms with van der Waals surface area (Å²) in [6, 6.07) is 14.0. The van der Waals surface area contributed by atoms with E-state index in [1.807, 2.05) is 42.5 Å². The van der Waals surface area contributed by atoms with E-state index in [1.165, 1.54) is 0 Å². The van der Waals surface area contributed by atoms with Crippen molar-refractivity contribution in [3.8, 4) is 11.5 Å². The molecule has 2 heterocycles. The lowest BCUT2D eigenvalue weighted by atomic mass is 9.93. The lowest BCUT2D eigenvalue weighted by Crippen LogP contribution is -2.57. The molecule has 1 unspecified atom stereocenters. The van der Waals surface area contributed by atoms with Gasteiger partial charge in [-0.05, 0) is 29.7 Å². The summed E-state index contributed by atoms with van der Waals surface area (Å²) in [5.41, 5.74) is 2.22. The Morgan fingerprint density at radius 3 is 2.85 bits per heavy atom. The van der Waals surface area contributed by atoms with Crippen molar-refractivity contribution < 1.29 is 19.4 Å². The second-order valence-corrected chi connectivity index (χ2v) is 7.52. The van der Waals surface area contributed by atoms with Gasteiger partial charge in [0, 0.05) is 36.6 Å². The lowest BCUT2D eigenvalue weighted by molar-refractivity contribution is -0.149. The third-order valence-electron chi connectivity index (χ3n) is 5.30. The van der Waals surface area contributed by atoms with Gasteiger partial charge in [0.25, 0.3) is 0 Å². The molecule has 0 bridgehead atoms. The maximum atomic E-state index is 11.0. The molecule has 1 atom stereocenters. The van der Waals surface area contributed by atoms with Gasteiger partial charge in [-0.15, -0.1) is 0 Å². The molecule has 1 saturated heterocycles. The first-order chi connectivity index (χ1) is 13.1. The van der Waals surface area contributed by atoms with Crippen LogP contribution in [0.25, 0.3) is 0 Å². The Hall–Kier alpha value is -2.24. The number of likely N-dealkylation sites (tertiary alicyclic amines) is 1. The lowest BCUT2D eigenvalue weighted by Gasteiger charge is -2.43. The Bertz CT molecular complexity index is 835. The van der Waals surface area contributed by atoms with Crippen LogP contribution in [0.3, 0.4) is 0 Å². The number of halogens is 1. The van der Waals surface area contributed by atoms with Gasteiger partial charge in [0.2, 0.25) is 0 Å². The summed E-state index contributed by atoms with van der Waals surface area (Å²) < 4.78 is 11.8. The summed E-state index contributed by atoms with van der Waals surface area (Å²) in [6.45, 7) is 2.36. The molecule has 2 aliphatic heterocycles. The highest BCUT2D eigenvalue weighted by Crippen LogP contribution is 2.32. The van der Waals surface area contributed by atoms with E-state index in [-0.39, 0.29) is 12.0 Å². The van der Waals surface area contributed by atoms with E-state index in [0.717, 1.165) is 40.5 Å². The summed E-state index contributed by atoms with van der Waals surface area (Å²) in [5.74, 6) is 0.702. The summed E-state index contributed by atoms with van der Waals surface area (Å²) in [6.07, 6.45) is 1.63. The van der Waals surface area contributed by atoms with Crippen molar-refractivity contribution in [2.24, 2.45) is 5.92 Å². The van der Waals surface area contributed by atoms with Gasteiger partial charge in [0.15, 0.2) is 0 Å². The summed E-state index contributed by atoms with van der Waals surface area (Å²) in [4.78, 5) is 13.2. The molecule has 5 nitrogen and oxygen atoms in total. The fraction of sp³-hybridized carbons (Fsp3) is 0.381. The van der Waals surface area contributed by atoms with Crippen LogP contribution in [-0.2, 0) is 17.6 Å². The van der Waals surface area contributed by atoms with E-state index in [2.05, 4.69) is 4.90 Å². The van der Waals surface area contributed by atoms with Crippen LogP contribution in [0.2, 0.25) is 5.02 Å². The molecule has 0 aromatic heterocycles. The van der Waals surface area contributed by atoms with E-state index in [0.29, 0.717) is 26.3 Å². The Morgan fingerprint density at radius 2 is 2.07 bits per heavy atom. The van der Waals surface area contributed by atoms with E-state index >= 15 is 0 Å². The second kappa shape index (κ2) is 7.79. The van der Waals surface area contributed by atoms with Gasteiger partial charge in [-0.3, -0.25) is 9.69 Å². The number of ether oxygens (including phenoxy) is 2. The quantitative estimate of drug-likeness (QED) is 0.824. The Balaban J connectivity index is 1.31. The topological polar surface area (TPSA) is 59.0 Å². The van der Waals surface area contributed by atoms with E-state index < -0.39 is 5.97 Å². The molecule has 1 fully saturated rings. The second-order valence-electron chi connectivity index (χ2n) is 7.12. The maximum Gasteiger partial charge on any atom is 0.309 e. The molecule has 4 rings (SSSR count). The van der Waals surface area contributed by atoms with Gasteiger partial charge in [-0.1, -0.05) is 35.9 Å². The van der Waals surface area contributed by atoms with Crippen LogP contribution in [0.15, 0.2) is 42.5 Å². The van der Waals surface area contributed by atoms with Gasteiger partial charge < -0.3 is 14.6 Å². The zero-order valence-corrected chi connectivity index (χ0v) is 15.7. The van der Waals surface area contributed by atoms with Crippen LogP contribution in [0, 0.1) is 5.92 Å². The molecular weight excluding hydrogens is 366 g/mol. The minimum atomic E-state index is -0.707. The number of fused-ring (bicyclic) bond motifs is 1. The van der Waals surface area contributed by atoms with E-state index in [9.17, 15) is 4.79 Å². The molecule has 0 amide bonds. The monoisotopic (exact) mass is 387 g/mol. The number of carboxylic acids is 1. The van der Waals surface area contributed by atoms with Gasteiger partial charge in [-0.25, -0.2) is 0 Å². The number of carboxylic acid groups (broad SMARTS) is 1. The standard InChI is InChI=1S/C21H22ClNO4/c22-19-4-2-1-3-14(19)7-8-26-18-6-5-15-9-17(13-27-20(15)10-18)23-11-16(12-23)21(24)25/h1-6,10,16-17H,7-9,11-13H2,(H,24,25). The third-order valence-corrected chi connectivity index (χ3v) is 5.67. The zero-order chi connectivity index (χ0) is 18.8. The number of carbonyl (C=O) groups is 1. The first-order valence-corrected chi connectivity index (χ1v) is 9.57. The van der Waals surface area contributed by atoms with E-state index in [1.54, 1.807) is 0 Å². The summed E-state index contributed by atoms with van der Waals surface area (Å²) >= 11 is 6.17. The molecule has 27 heavy (non-hydrogen) atoms. The molecule has 2 aliphatic rings. The number of hydrogen-bond donors (Lipinski definition) is 1. The van der Waals surface area contributed by atoms with Crippen molar-refractivity contribution in [2.75, 3.05) is 26.3 Å². The predicted molar refractivity (Wildman–Crippen MR) is 103 cm³/mol. The number of rotatable bonds is 6. The Labute approximate surface area is 163 Å². The Kier molecular flexibility index (Phi) is 5.23. The molecule has 1 N–H and O–H groups in total. The average molecular weight is 388 g/mol. The van der Waals surface area contributed by atoms with Crippen LogP contribution >= 0.6 is 11.6 Å². The zero-order valence-electron chi connectivity index (χ0n) is 14.9. The summed E-state index contributed by atoms with van der Waals surface area (Å²) in [5, 5.41) is 9.78. The largest absolute Gasteiger partial charge is 0.493 e. The Morgan fingerprint density at radius 1 is 1.26 bits per heavy atom. The average Bonchev–Trinajstić information content (AvgIpc) is 2.62. The summed E-state index contributed by atoms with van der Waals surface area (Å²) in [7, 11) is 0. The third kappa shape index (κ3) is 4.04. The van der Waals surface area contributed by atoms with Gasteiger partial charge in [-0.2, -0.15) is 0 Å². The maximum absolute atomic E-state index is 11.0. The van der Waals surface area contributed by atoms with Crippen LogP contribution in [0.5, 0.6) is 11.5 Å². The van der Waals surface area contributed by atoms with Crippen LogP contribution < -0.4 is 9.47 Å². The van der Waals surface area contributed by atoms with Crippen molar-refractivity contribution in [1.29, 1.82) is 0 Å². The first-order valence-electron chi connectivity index (χ1n) is 9.19. The van der Waals surface area contributed by atoms with Crippen molar-refractivity contribution in [3.63, 3.8) is 0 Å². The van der Waals surface area contributed by atoms with Crippen molar-refractivity contribution >= 4 is 17.6 Å². The number of aliphatic carboxylic acids is 1. The van der Waals surface area contributed by atoms with Gasteiger partial charge in [0.1, 0.15) is 18.1 Å². The highest BCUT2D eigenvalue weighted by Gasteiger charge is 2.38. The smallest absolute Gasteiger partial charge is 0.309 e. The molecular formula is C21H22ClNO4. The fourth-order valence-electron chi connectivity index (χ4n) is 3.61. The molecule has 6 heteroatoms. The highest BCUT2D eigenvalue weighted by atomic mass is 35.5. The van der Waals surface area contributed by atoms with Crippen molar-refractivity contribution in [1.82, 2.24) is 4.90 Å². The van der Waals surface area contributed by atoms with E-state index in [4.69, 9.17) is 26.2 Å². The molecule has 0 aliphatic carbocycles. The minimum Gasteiger partial charge on any atom is -0.493 e. The number of benzene rings is 2. The molecule has 142 valence electrons. The molecule has 0 radical (unpaired) electrons. The normalized spacial score (nSPS) is 19.7.